The molecule has 24 heavy (non-hydrogen) atoms. The first-order valence-electron chi connectivity index (χ1n) is 7.51. The number of benzene rings is 1. The summed E-state index contributed by atoms with van der Waals surface area (Å²) in [6.07, 6.45) is 4.25. The minimum Gasteiger partial charge on any atom is -0.337 e. The quantitative estimate of drug-likeness (QED) is 0.421. The molecule has 0 saturated heterocycles. The second-order valence-electron chi connectivity index (χ2n) is 5.42. The summed E-state index contributed by atoms with van der Waals surface area (Å²) in [6, 6.07) is 11.7. The first-order chi connectivity index (χ1) is 11.7. The number of pyridine rings is 2. The van der Waals surface area contributed by atoms with Crippen molar-refractivity contribution in [3.05, 3.63) is 66.1 Å². The zero-order chi connectivity index (χ0) is 16.5. The van der Waals surface area contributed by atoms with Gasteiger partial charge in [-0.15, -0.1) is 6.58 Å². The molecule has 0 aliphatic rings. The SMILES string of the molecule is C=CCc1nc(Cl)cc2cc(Nc3n[nH]c4cccnc34)ccc12. The van der Waals surface area contributed by atoms with Crippen LogP contribution >= 0.6 is 11.6 Å². The molecule has 1 aromatic carbocycles. The Bertz CT molecular complexity index is 1050. The van der Waals surface area contributed by atoms with Gasteiger partial charge in [-0.05, 0) is 35.7 Å². The van der Waals surface area contributed by atoms with Gasteiger partial charge in [-0.1, -0.05) is 23.7 Å². The molecule has 0 unspecified atom stereocenters. The summed E-state index contributed by atoms with van der Waals surface area (Å²) in [7, 11) is 0. The first-order valence-corrected chi connectivity index (χ1v) is 7.88. The average molecular weight is 336 g/mol. The third-order valence-corrected chi connectivity index (χ3v) is 3.99. The second kappa shape index (κ2) is 5.94. The zero-order valence-electron chi connectivity index (χ0n) is 12.8. The smallest absolute Gasteiger partial charge is 0.178 e. The van der Waals surface area contributed by atoms with Gasteiger partial charge < -0.3 is 5.32 Å². The number of fused-ring (bicyclic) bond motifs is 2. The van der Waals surface area contributed by atoms with Crippen molar-refractivity contribution >= 4 is 44.9 Å². The van der Waals surface area contributed by atoms with Crippen LogP contribution in [-0.4, -0.2) is 20.2 Å². The van der Waals surface area contributed by atoms with Crippen LogP contribution < -0.4 is 5.32 Å². The number of anilines is 2. The Hall–Kier alpha value is -2.92. The van der Waals surface area contributed by atoms with Gasteiger partial charge in [0.1, 0.15) is 10.7 Å². The van der Waals surface area contributed by atoms with E-state index in [4.69, 9.17) is 11.6 Å². The molecule has 0 saturated carbocycles. The molecule has 0 amide bonds. The van der Waals surface area contributed by atoms with Crippen molar-refractivity contribution in [2.75, 3.05) is 5.32 Å². The number of nitrogens with zero attached hydrogens (tertiary/aromatic N) is 3. The van der Waals surface area contributed by atoms with Crippen LogP contribution in [0.1, 0.15) is 5.69 Å². The van der Waals surface area contributed by atoms with Gasteiger partial charge in [-0.25, -0.2) is 4.98 Å². The molecule has 0 atom stereocenters. The van der Waals surface area contributed by atoms with Crippen molar-refractivity contribution in [3.8, 4) is 0 Å². The molecule has 0 radical (unpaired) electrons. The number of halogens is 1. The number of allylic oxidation sites excluding steroid dienone is 1. The van der Waals surface area contributed by atoms with E-state index in [1.54, 1.807) is 6.20 Å². The van der Waals surface area contributed by atoms with Crippen LogP contribution in [0, 0.1) is 0 Å². The summed E-state index contributed by atoms with van der Waals surface area (Å²) in [4.78, 5) is 8.74. The molecule has 0 aliphatic heterocycles. The molecular formula is C18H14ClN5. The van der Waals surface area contributed by atoms with Crippen LogP contribution in [0.25, 0.3) is 21.8 Å². The normalized spacial score (nSPS) is 11.0. The van der Waals surface area contributed by atoms with E-state index < -0.39 is 0 Å². The van der Waals surface area contributed by atoms with Crippen LogP contribution in [0.3, 0.4) is 0 Å². The Morgan fingerprint density at radius 3 is 3.04 bits per heavy atom. The monoisotopic (exact) mass is 335 g/mol. The molecule has 118 valence electrons. The highest BCUT2D eigenvalue weighted by molar-refractivity contribution is 6.30. The summed E-state index contributed by atoms with van der Waals surface area (Å²) in [5, 5.41) is 13.1. The lowest BCUT2D eigenvalue weighted by Gasteiger charge is -2.08. The minimum absolute atomic E-state index is 0.475. The Morgan fingerprint density at radius 1 is 1.25 bits per heavy atom. The van der Waals surface area contributed by atoms with Crippen LogP contribution in [0.4, 0.5) is 11.5 Å². The second-order valence-corrected chi connectivity index (χ2v) is 5.80. The number of aromatic amines is 1. The molecule has 5 nitrogen and oxygen atoms in total. The summed E-state index contributed by atoms with van der Waals surface area (Å²) in [5.74, 6) is 0.691. The summed E-state index contributed by atoms with van der Waals surface area (Å²) in [5.41, 5.74) is 3.53. The average Bonchev–Trinajstić information content (AvgIpc) is 2.98. The molecular weight excluding hydrogens is 322 g/mol. The van der Waals surface area contributed by atoms with Crippen molar-refractivity contribution in [3.63, 3.8) is 0 Å². The summed E-state index contributed by atoms with van der Waals surface area (Å²) < 4.78 is 0. The lowest BCUT2D eigenvalue weighted by Crippen LogP contribution is -1.94. The van der Waals surface area contributed by atoms with E-state index in [0.29, 0.717) is 17.4 Å². The number of rotatable bonds is 4. The maximum absolute atomic E-state index is 6.14. The van der Waals surface area contributed by atoms with Crippen LogP contribution in [-0.2, 0) is 6.42 Å². The third kappa shape index (κ3) is 2.59. The fourth-order valence-electron chi connectivity index (χ4n) is 2.74. The standard InChI is InChI=1S/C18H14ClN5/c1-2-4-14-13-7-6-12(9-11(13)10-16(19)22-14)21-18-17-15(23-24-18)5-3-8-20-17/h2-3,5-10H,1,4H2,(H2,21,23,24). The minimum atomic E-state index is 0.475. The van der Waals surface area contributed by atoms with E-state index in [1.807, 2.05) is 42.5 Å². The molecule has 6 heteroatoms. The third-order valence-electron chi connectivity index (χ3n) is 3.80. The Balaban J connectivity index is 1.76. The number of aromatic nitrogens is 4. The predicted octanol–water partition coefficient (Wildman–Crippen LogP) is 4.63. The van der Waals surface area contributed by atoms with Crippen molar-refractivity contribution < 1.29 is 0 Å². The molecule has 4 aromatic rings. The van der Waals surface area contributed by atoms with Crippen LogP contribution in [0.2, 0.25) is 5.15 Å². The fourth-order valence-corrected chi connectivity index (χ4v) is 2.96. The number of H-pyrrole nitrogens is 1. The molecule has 0 aliphatic carbocycles. The van der Waals surface area contributed by atoms with Crippen LogP contribution in [0.15, 0.2) is 55.3 Å². The van der Waals surface area contributed by atoms with E-state index in [0.717, 1.165) is 33.2 Å². The Kier molecular flexibility index (Phi) is 3.63. The van der Waals surface area contributed by atoms with Gasteiger partial charge >= 0.3 is 0 Å². The molecule has 2 N–H and O–H groups in total. The lowest BCUT2D eigenvalue weighted by molar-refractivity contribution is 1.12. The Labute approximate surface area is 143 Å². The van der Waals surface area contributed by atoms with Gasteiger partial charge in [0, 0.05) is 23.7 Å². The van der Waals surface area contributed by atoms with Crippen molar-refractivity contribution in [1.29, 1.82) is 0 Å². The van der Waals surface area contributed by atoms with E-state index in [1.165, 1.54) is 0 Å². The summed E-state index contributed by atoms with van der Waals surface area (Å²) >= 11 is 6.14. The van der Waals surface area contributed by atoms with E-state index >= 15 is 0 Å². The molecule has 4 rings (SSSR count). The van der Waals surface area contributed by atoms with Crippen LogP contribution in [0.5, 0.6) is 0 Å². The van der Waals surface area contributed by atoms with Gasteiger partial charge in [0.25, 0.3) is 0 Å². The topological polar surface area (TPSA) is 66.5 Å². The highest BCUT2D eigenvalue weighted by atomic mass is 35.5. The van der Waals surface area contributed by atoms with Gasteiger partial charge in [0.15, 0.2) is 5.82 Å². The van der Waals surface area contributed by atoms with E-state index in [-0.39, 0.29) is 0 Å². The lowest BCUT2D eigenvalue weighted by atomic mass is 10.1. The predicted molar refractivity (Wildman–Crippen MR) is 97.8 cm³/mol. The largest absolute Gasteiger partial charge is 0.337 e. The van der Waals surface area contributed by atoms with Gasteiger partial charge in [-0.3, -0.25) is 10.1 Å². The number of hydrogen-bond acceptors (Lipinski definition) is 4. The fraction of sp³-hybridized carbons (Fsp3) is 0.0556. The molecule has 0 fully saturated rings. The van der Waals surface area contributed by atoms with Crippen molar-refractivity contribution in [2.45, 2.75) is 6.42 Å². The summed E-state index contributed by atoms with van der Waals surface area (Å²) in [6.45, 7) is 3.77. The molecule has 0 spiro atoms. The molecule has 3 aromatic heterocycles. The highest BCUT2D eigenvalue weighted by Gasteiger charge is 2.09. The van der Waals surface area contributed by atoms with Crippen molar-refractivity contribution in [1.82, 2.24) is 20.2 Å². The molecule has 0 bridgehead atoms. The van der Waals surface area contributed by atoms with Crippen molar-refractivity contribution in [2.24, 2.45) is 0 Å². The molecule has 3 heterocycles. The maximum Gasteiger partial charge on any atom is 0.178 e. The first kappa shape index (κ1) is 14.7. The Morgan fingerprint density at radius 2 is 2.17 bits per heavy atom. The van der Waals surface area contributed by atoms with E-state index in [2.05, 4.69) is 32.1 Å². The van der Waals surface area contributed by atoms with Gasteiger partial charge in [-0.2, -0.15) is 5.10 Å². The van der Waals surface area contributed by atoms with Gasteiger partial charge in [0.2, 0.25) is 0 Å². The zero-order valence-corrected chi connectivity index (χ0v) is 13.5. The number of hydrogen-bond donors (Lipinski definition) is 2. The maximum atomic E-state index is 6.14. The van der Waals surface area contributed by atoms with Gasteiger partial charge in [0.05, 0.1) is 11.2 Å². The highest BCUT2D eigenvalue weighted by Crippen LogP contribution is 2.27. The van der Waals surface area contributed by atoms with E-state index in [9.17, 15) is 0 Å². The number of nitrogens with one attached hydrogen (secondary N) is 2.